The highest BCUT2D eigenvalue weighted by Gasteiger charge is 2.17. The predicted molar refractivity (Wildman–Crippen MR) is 133 cm³/mol. The van der Waals surface area contributed by atoms with Crippen LogP contribution in [0.5, 0.6) is 5.75 Å². The van der Waals surface area contributed by atoms with Crippen LogP contribution >= 0.6 is 0 Å². The molecule has 186 valence electrons. The van der Waals surface area contributed by atoms with E-state index in [2.05, 4.69) is 29.0 Å². The van der Waals surface area contributed by atoms with Gasteiger partial charge in [-0.15, -0.1) is 0 Å². The molecule has 2 aromatic rings. The monoisotopic (exact) mass is 468 g/mol. The third kappa shape index (κ3) is 8.33. The predicted octanol–water partition coefficient (Wildman–Crippen LogP) is 6.47. The average molecular weight is 469 g/mol. The zero-order chi connectivity index (χ0) is 23.4. The Bertz CT molecular complexity index is 815. The van der Waals surface area contributed by atoms with Crippen LogP contribution in [-0.2, 0) is 20.6 Å². The second kappa shape index (κ2) is 13.8. The summed E-state index contributed by atoms with van der Waals surface area (Å²) in [6.45, 7) is 3.80. The highest BCUT2D eigenvalue weighted by atomic mass is 16.7. The minimum Gasteiger partial charge on any atom is -0.465 e. The molecule has 0 spiro atoms. The molecule has 0 aliphatic carbocycles. The van der Waals surface area contributed by atoms with E-state index in [0.29, 0.717) is 0 Å². The van der Waals surface area contributed by atoms with Crippen molar-refractivity contribution in [3.63, 3.8) is 0 Å². The van der Waals surface area contributed by atoms with Gasteiger partial charge < -0.3 is 18.9 Å². The standard InChI is InChI=1S/C28H40N2O4/c1-22(33-27-12-6-8-18-31-27)10-4-2-3-5-11-26-29-20-24(21-30-26)23-14-16-25(17-15-23)34-28-13-7-9-19-32-28/h14-17,20-22,27-28H,2-13,18-19H2,1H3. The number of hydrogen-bond donors (Lipinski definition) is 0. The van der Waals surface area contributed by atoms with Crippen molar-refractivity contribution in [1.82, 2.24) is 9.97 Å². The van der Waals surface area contributed by atoms with Gasteiger partial charge in [0.05, 0.1) is 12.7 Å². The highest BCUT2D eigenvalue weighted by molar-refractivity contribution is 5.62. The van der Waals surface area contributed by atoms with Gasteiger partial charge >= 0.3 is 0 Å². The number of ether oxygens (including phenoxy) is 4. The van der Waals surface area contributed by atoms with Gasteiger partial charge in [0.15, 0.2) is 12.6 Å². The summed E-state index contributed by atoms with van der Waals surface area (Å²) < 4.78 is 23.2. The molecule has 2 aliphatic rings. The van der Waals surface area contributed by atoms with Crippen LogP contribution in [-0.4, -0.2) is 41.9 Å². The van der Waals surface area contributed by atoms with Crippen LogP contribution in [0.2, 0.25) is 0 Å². The fraction of sp³-hybridized carbons (Fsp3) is 0.643. The van der Waals surface area contributed by atoms with Crippen molar-refractivity contribution in [2.45, 2.75) is 103 Å². The van der Waals surface area contributed by atoms with Gasteiger partial charge in [-0.25, -0.2) is 9.97 Å². The molecule has 6 heteroatoms. The summed E-state index contributed by atoms with van der Waals surface area (Å²) in [5, 5.41) is 0. The number of aromatic nitrogens is 2. The maximum Gasteiger partial charge on any atom is 0.199 e. The molecule has 2 fully saturated rings. The van der Waals surface area contributed by atoms with Crippen molar-refractivity contribution >= 4 is 0 Å². The number of aryl methyl sites for hydroxylation is 1. The fourth-order valence-corrected chi connectivity index (χ4v) is 4.53. The Hall–Kier alpha value is -2.02. The van der Waals surface area contributed by atoms with Crippen molar-refractivity contribution in [1.29, 1.82) is 0 Å². The van der Waals surface area contributed by atoms with E-state index in [0.717, 1.165) is 80.9 Å². The normalized spacial score (nSPS) is 21.8. The average Bonchev–Trinajstić information content (AvgIpc) is 2.88. The third-order valence-electron chi connectivity index (χ3n) is 6.58. The van der Waals surface area contributed by atoms with E-state index in [-0.39, 0.29) is 18.7 Å². The van der Waals surface area contributed by atoms with Gasteiger partial charge in [-0.2, -0.15) is 0 Å². The molecule has 3 atom stereocenters. The van der Waals surface area contributed by atoms with Crippen LogP contribution in [0, 0.1) is 0 Å². The first-order valence-corrected chi connectivity index (χ1v) is 13.2. The molecule has 4 rings (SSSR count). The number of hydrogen-bond acceptors (Lipinski definition) is 6. The fourth-order valence-electron chi connectivity index (χ4n) is 4.53. The minimum atomic E-state index is -0.116. The molecule has 1 aromatic carbocycles. The quantitative estimate of drug-likeness (QED) is 0.333. The van der Waals surface area contributed by atoms with Gasteiger partial charge in [0.25, 0.3) is 0 Å². The Balaban J connectivity index is 1.11. The van der Waals surface area contributed by atoms with Crippen molar-refractivity contribution in [3.8, 4) is 16.9 Å². The molecule has 0 N–H and O–H groups in total. The van der Waals surface area contributed by atoms with E-state index in [9.17, 15) is 0 Å². The lowest BCUT2D eigenvalue weighted by molar-refractivity contribution is -0.185. The van der Waals surface area contributed by atoms with E-state index in [1.54, 1.807) is 0 Å². The van der Waals surface area contributed by atoms with Gasteiger partial charge in [-0.3, -0.25) is 0 Å². The first-order valence-electron chi connectivity index (χ1n) is 13.2. The molecule has 34 heavy (non-hydrogen) atoms. The first-order chi connectivity index (χ1) is 16.8. The summed E-state index contributed by atoms with van der Waals surface area (Å²) in [7, 11) is 0. The van der Waals surface area contributed by atoms with Gasteiger partial charge in [-0.1, -0.05) is 31.4 Å². The Morgan fingerprint density at radius 2 is 1.50 bits per heavy atom. The molecular weight excluding hydrogens is 428 g/mol. The molecule has 1 aromatic heterocycles. The molecule has 0 amide bonds. The van der Waals surface area contributed by atoms with Crippen molar-refractivity contribution in [2.24, 2.45) is 0 Å². The van der Waals surface area contributed by atoms with Gasteiger partial charge in [0.1, 0.15) is 11.6 Å². The number of unbranched alkanes of at least 4 members (excludes halogenated alkanes) is 3. The molecule has 3 unspecified atom stereocenters. The van der Waals surface area contributed by atoms with Crippen LogP contribution in [0.3, 0.4) is 0 Å². The second-order valence-electron chi connectivity index (χ2n) is 9.52. The summed E-state index contributed by atoms with van der Waals surface area (Å²) in [6, 6.07) is 8.11. The smallest absolute Gasteiger partial charge is 0.199 e. The summed E-state index contributed by atoms with van der Waals surface area (Å²) in [5.74, 6) is 1.76. The summed E-state index contributed by atoms with van der Waals surface area (Å²) in [4.78, 5) is 9.17. The molecule has 0 bridgehead atoms. The van der Waals surface area contributed by atoms with Crippen LogP contribution in [0.15, 0.2) is 36.7 Å². The molecule has 6 nitrogen and oxygen atoms in total. The zero-order valence-electron chi connectivity index (χ0n) is 20.6. The molecule has 3 heterocycles. The summed E-state index contributed by atoms with van der Waals surface area (Å²) in [6.07, 6.45) is 17.5. The van der Waals surface area contributed by atoms with Crippen LogP contribution in [0.1, 0.15) is 83.4 Å². The molecule has 0 saturated carbocycles. The van der Waals surface area contributed by atoms with Gasteiger partial charge in [0.2, 0.25) is 0 Å². The highest BCUT2D eigenvalue weighted by Crippen LogP contribution is 2.24. The van der Waals surface area contributed by atoms with Crippen molar-refractivity contribution in [2.75, 3.05) is 13.2 Å². The Labute approximate surface area is 204 Å². The lowest BCUT2D eigenvalue weighted by atomic mass is 10.1. The number of nitrogens with zero attached hydrogens (tertiary/aromatic N) is 2. The minimum absolute atomic E-state index is 0.0197. The second-order valence-corrected chi connectivity index (χ2v) is 9.52. The summed E-state index contributed by atoms with van der Waals surface area (Å²) >= 11 is 0. The Morgan fingerprint density at radius 3 is 2.18 bits per heavy atom. The topological polar surface area (TPSA) is 62.7 Å². The largest absolute Gasteiger partial charge is 0.465 e. The lowest BCUT2D eigenvalue weighted by Crippen LogP contribution is -2.26. The van der Waals surface area contributed by atoms with Crippen molar-refractivity contribution < 1.29 is 18.9 Å². The van der Waals surface area contributed by atoms with E-state index in [1.807, 2.05) is 24.5 Å². The lowest BCUT2D eigenvalue weighted by Gasteiger charge is -2.26. The maximum atomic E-state index is 6.00. The first kappa shape index (κ1) is 25.1. The maximum absolute atomic E-state index is 6.00. The van der Waals surface area contributed by atoms with Crippen LogP contribution < -0.4 is 4.74 Å². The zero-order valence-corrected chi connectivity index (χ0v) is 20.6. The van der Waals surface area contributed by atoms with E-state index in [4.69, 9.17) is 18.9 Å². The third-order valence-corrected chi connectivity index (χ3v) is 6.58. The molecular formula is C28H40N2O4. The molecule has 0 radical (unpaired) electrons. The van der Waals surface area contributed by atoms with Gasteiger partial charge in [-0.05, 0) is 69.6 Å². The van der Waals surface area contributed by atoms with Crippen molar-refractivity contribution in [3.05, 3.63) is 42.5 Å². The molecule has 2 aliphatic heterocycles. The Morgan fingerprint density at radius 1 is 0.824 bits per heavy atom. The Kier molecular flexibility index (Phi) is 10.2. The SMILES string of the molecule is CC(CCCCCCc1ncc(-c2ccc(OC3CCCCO3)cc2)cn1)OC1CCCCO1. The van der Waals surface area contributed by atoms with Crippen LogP contribution in [0.25, 0.3) is 11.1 Å². The number of rotatable bonds is 12. The van der Waals surface area contributed by atoms with Gasteiger partial charge in [0, 0.05) is 37.4 Å². The number of benzene rings is 1. The molecule has 2 saturated heterocycles. The van der Waals surface area contributed by atoms with E-state index in [1.165, 1.54) is 32.1 Å². The van der Waals surface area contributed by atoms with Crippen LogP contribution in [0.4, 0.5) is 0 Å². The summed E-state index contributed by atoms with van der Waals surface area (Å²) in [5.41, 5.74) is 2.12. The van der Waals surface area contributed by atoms with E-state index >= 15 is 0 Å². The van der Waals surface area contributed by atoms with E-state index < -0.39 is 0 Å².